The molecule has 1 aliphatic heterocycles. The highest BCUT2D eigenvalue weighted by atomic mass is 79.9. The van der Waals surface area contributed by atoms with E-state index in [1.165, 1.54) is 5.56 Å². The Morgan fingerprint density at radius 3 is 2.71 bits per heavy atom. The summed E-state index contributed by atoms with van der Waals surface area (Å²) >= 11 is 3.53. The van der Waals surface area contributed by atoms with Gasteiger partial charge in [0.15, 0.2) is 0 Å². The molecule has 0 radical (unpaired) electrons. The zero-order valence-corrected chi connectivity index (χ0v) is 9.55. The number of nitrogens with one attached hydrogen (secondary N) is 1. The van der Waals surface area contributed by atoms with Crippen LogP contribution in [0, 0.1) is 0 Å². The maximum atomic E-state index is 9.43. The highest BCUT2D eigenvalue weighted by Crippen LogP contribution is 2.33. The second-order valence-electron chi connectivity index (χ2n) is 3.73. The molecule has 1 fully saturated rings. The van der Waals surface area contributed by atoms with E-state index in [0.29, 0.717) is 11.7 Å². The van der Waals surface area contributed by atoms with Gasteiger partial charge in [0.1, 0.15) is 5.75 Å². The van der Waals surface area contributed by atoms with E-state index in [0.717, 1.165) is 30.4 Å². The van der Waals surface area contributed by atoms with Crippen LogP contribution in [0.25, 0.3) is 0 Å². The first kappa shape index (κ1) is 9.99. The molecular formula is C11H14BrNO. The molecule has 0 aromatic heterocycles. The molecule has 1 saturated heterocycles. The van der Waals surface area contributed by atoms with Crippen LogP contribution >= 0.6 is 15.9 Å². The zero-order valence-electron chi connectivity index (χ0n) is 7.96. The van der Waals surface area contributed by atoms with Crippen molar-refractivity contribution in [2.24, 2.45) is 0 Å². The molecule has 1 heterocycles. The Morgan fingerprint density at radius 1 is 1.29 bits per heavy atom. The fourth-order valence-corrected chi connectivity index (χ4v) is 2.55. The summed E-state index contributed by atoms with van der Waals surface area (Å²) in [6.45, 7) is 2.15. The molecule has 0 saturated carbocycles. The maximum absolute atomic E-state index is 9.43. The van der Waals surface area contributed by atoms with Crippen LogP contribution < -0.4 is 5.32 Å². The van der Waals surface area contributed by atoms with Gasteiger partial charge in [0.2, 0.25) is 0 Å². The smallest absolute Gasteiger partial charge is 0.115 e. The molecule has 2 N–H and O–H groups in total. The highest BCUT2D eigenvalue weighted by molar-refractivity contribution is 9.10. The fourth-order valence-electron chi connectivity index (χ4n) is 1.98. The van der Waals surface area contributed by atoms with Gasteiger partial charge in [-0.1, -0.05) is 15.9 Å². The number of phenols is 1. The normalized spacial score (nSPS) is 18.4. The molecule has 76 valence electrons. The summed E-state index contributed by atoms with van der Waals surface area (Å²) in [6.07, 6.45) is 2.31. The number of aromatic hydroxyl groups is 1. The van der Waals surface area contributed by atoms with E-state index < -0.39 is 0 Å². The van der Waals surface area contributed by atoms with Crippen LogP contribution in [0.15, 0.2) is 22.7 Å². The molecule has 0 bridgehead atoms. The molecule has 0 unspecified atom stereocenters. The Labute approximate surface area is 92.5 Å². The van der Waals surface area contributed by atoms with Crippen molar-refractivity contribution >= 4 is 15.9 Å². The Morgan fingerprint density at radius 2 is 2.00 bits per heavy atom. The number of halogens is 1. The van der Waals surface area contributed by atoms with Gasteiger partial charge in [-0.05, 0) is 55.6 Å². The van der Waals surface area contributed by atoms with Gasteiger partial charge < -0.3 is 10.4 Å². The molecule has 2 nitrogen and oxygen atoms in total. The summed E-state index contributed by atoms with van der Waals surface area (Å²) in [5.74, 6) is 0.944. The van der Waals surface area contributed by atoms with E-state index >= 15 is 0 Å². The number of hydrogen-bond acceptors (Lipinski definition) is 2. The molecule has 1 aromatic carbocycles. The summed E-state index contributed by atoms with van der Waals surface area (Å²) in [5, 5.41) is 12.8. The molecule has 0 atom stereocenters. The summed E-state index contributed by atoms with van der Waals surface area (Å²) in [7, 11) is 0. The van der Waals surface area contributed by atoms with Crippen LogP contribution in [0.4, 0.5) is 0 Å². The molecule has 3 heteroatoms. The van der Waals surface area contributed by atoms with Crippen molar-refractivity contribution in [1.82, 2.24) is 5.32 Å². The average Bonchev–Trinajstić information content (AvgIpc) is 2.23. The lowest BCUT2D eigenvalue weighted by Gasteiger charge is -2.24. The molecular weight excluding hydrogens is 242 g/mol. The van der Waals surface area contributed by atoms with Crippen molar-refractivity contribution in [2.75, 3.05) is 13.1 Å². The van der Waals surface area contributed by atoms with Crippen molar-refractivity contribution in [2.45, 2.75) is 18.8 Å². The largest absolute Gasteiger partial charge is 0.508 e. The highest BCUT2D eigenvalue weighted by Gasteiger charge is 2.17. The van der Waals surface area contributed by atoms with Crippen molar-refractivity contribution in [3.8, 4) is 5.75 Å². The van der Waals surface area contributed by atoms with Crippen molar-refractivity contribution in [3.63, 3.8) is 0 Å². The van der Waals surface area contributed by atoms with Crippen molar-refractivity contribution in [3.05, 3.63) is 28.2 Å². The Kier molecular flexibility index (Phi) is 3.08. The lowest BCUT2D eigenvalue weighted by Crippen LogP contribution is -2.26. The Bertz CT molecular complexity index is 321. The van der Waals surface area contributed by atoms with E-state index in [1.807, 2.05) is 12.1 Å². The van der Waals surface area contributed by atoms with E-state index in [2.05, 4.69) is 21.2 Å². The molecule has 0 amide bonds. The number of piperidine rings is 1. The minimum absolute atomic E-state index is 0.363. The first-order valence-corrected chi connectivity index (χ1v) is 5.76. The van der Waals surface area contributed by atoms with E-state index in [9.17, 15) is 5.11 Å². The summed E-state index contributed by atoms with van der Waals surface area (Å²) in [5.41, 5.74) is 1.24. The first-order chi connectivity index (χ1) is 6.77. The minimum Gasteiger partial charge on any atom is -0.508 e. The summed E-state index contributed by atoms with van der Waals surface area (Å²) in [6, 6.07) is 5.52. The van der Waals surface area contributed by atoms with Crippen molar-refractivity contribution < 1.29 is 5.11 Å². The molecule has 1 aliphatic rings. The number of phenolic OH excluding ortho intramolecular Hbond substituents is 1. The molecule has 14 heavy (non-hydrogen) atoms. The van der Waals surface area contributed by atoms with Gasteiger partial charge in [-0.25, -0.2) is 0 Å². The summed E-state index contributed by atoms with van der Waals surface area (Å²) < 4.78 is 1.11. The van der Waals surface area contributed by atoms with Gasteiger partial charge >= 0.3 is 0 Å². The lowest BCUT2D eigenvalue weighted by atomic mass is 9.90. The lowest BCUT2D eigenvalue weighted by molar-refractivity contribution is 0.450. The van der Waals surface area contributed by atoms with Gasteiger partial charge in [-0.3, -0.25) is 0 Å². The molecule has 1 aromatic rings. The van der Waals surface area contributed by atoms with Crippen LogP contribution in [0.3, 0.4) is 0 Å². The van der Waals surface area contributed by atoms with Gasteiger partial charge in [-0.15, -0.1) is 0 Å². The standard InChI is InChI=1S/C11H14BrNO/c12-11-2-1-9(14)7-10(11)8-3-5-13-6-4-8/h1-2,7-8,13-14H,3-6H2. The van der Waals surface area contributed by atoms with Gasteiger partial charge in [0.05, 0.1) is 0 Å². The van der Waals surface area contributed by atoms with Crippen LogP contribution in [0.2, 0.25) is 0 Å². The fraction of sp³-hybridized carbons (Fsp3) is 0.455. The molecule has 2 rings (SSSR count). The third-order valence-corrected chi connectivity index (χ3v) is 3.48. The van der Waals surface area contributed by atoms with Crippen LogP contribution in [0.5, 0.6) is 5.75 Å². The monoisotopic (exact) mass is 255 g/mol. The zero-order chi connectivity index (χ0) is 9.97. The maximum Gasteiger partial charge on any atom is 0.115 e. The van der Waals surface area contributed by atoms with E-state index in [1.54, 1.807) is 6.07 Å². The Balaban J connectivity index is 2.24. The topological polar surface area (TPSA) is 32.3 Å². The van der Waals surface area contributed by atoms with Crippen molar-refractivity contribution in [1.29, 1.82) is 0 Å². The number of benzene rings is 1. The van der Waals surface area contributed by atoms with Crippen LogP contribution in [-0.2, 0) is 0 Å². The quantitative estimate of drug-likeness (QED) is 0.809. The second kappa shape index (κ2) is 4.32. The minimum atomic E-state index is 0.363. The Hall–Kier alpha value is -0.540. The molecule has 0 aliphatic carbocycles. The number of hydrogen-bond donors (Lipinski definition) is 2. The SMILES string of the molecule is Oc1ccc(Br)c(C2CCNCC2)c1. The average molecular weight is 256 g/mol. The predicted octanol–water partition coefficient (Wildman–Crippen LogP) is 2.62. The first-order valence-electron chi connectivity index (χ1n) is 4.96. The molecule has 0 spiro atoms. The predicted molar refractivity (Wildman–Crippen MR) is 60.7 cm³/mol. The summed E-state index contributed by atoms with van der Waals surface area (Å²) in [4.78, 5) is 0. The van der Waals surface area contributed by atoms with Gasteiger partial charge in [-0.2, -0.15) is 0 Å². The number of rotatable bonds is 1. The van der Waals surface area contributed by atoms with Gasteiger partial charge in [0, 0.05) is 4.47 Å². The van der Waals surface area contributed by atoms with Gasteiger partial charge in [0.25, 0.3) is 0 Å². The van der Waals surface area contributed by atoms with E-state index in [-0.39, 0.29) is 0 Å². The van der Waals surface area contributed by atoms with Crippen LogP contribution in [0.1, 0.15) is 24.3 Å². The van der Waals surface area contributed by atoms with E-state index in [4.69, 9.17) is 0 Å². The third kappa shape index (κ3) is 2.10. The van der Waals surface area contributed by atoms with Crippen LogP contribution in [-0.4, -0.2) is 18.2 Å². The second-order valence-corrected chi connectivity index (χ2v) is 4.58. The third-order valence-electron chi connectivity index (χ3n) is 2.76.